The van der Waals surface area contributed by atoms with Gasteiger partial charge in [-0.3, -0.25) is 9.69 Å². The SMILES string of the molecule is CC(C)C(CNC(=O)C1(C)COCC1N)N1CCCC1. The average Bonchev–Trinajstić information content (AvgIpc) is 3.01. The first-order chi connectivity index (χ1) is 9.45. The van der Waals surface area contributed by atoms with Crippen molar-refractivity contribution in [3.05, 3.63) is 0 Å². The standard InChI is InChI=1S/C15H29N3O2/c1-11(2)12(18-6-4-5-7-18)8-17-14(19)15(3)10-20-9-13(15)16/h11-13H,4-10,16H2,1-3H3,(H,17,19). The van der Waals surface area contributed by atoms with Gasteiger partial charge in [-0.15, -0.1) is 0 Å². The van der Waals surface area contributed by atoms with Crippen molar-refractivity contribution in [1.29, 1.82) is 0 Å². The third kappa shape index (κ3) is 3.15. The fourth-order valence-electron chi connectivity index (χ4n) is 3.18. The van der Waals surface area contributed by atoms with Gasteiger partial charge in [-0.25, -0.2) is 0 Å². The van der Waals surface area contributed by atoms with Gasteiger partial charge in [0.1, 0.15) is 0 Å². The fraction of sp³-hybridized carbons (Fsp3) is 0.933. The molecular formula is C15H29N3O2. The summed E-state index contributed by atoms with van der Waals surface area (Å²) in [5, 5.41) is 3.11. The van der Waals surface area contributed by atoms with Crippen LogP contribution in [0.25, 0.3) is 0 Å². The molecule has 2 fully saturated rings. The molecule has 1 amide bonds. The minimum absolute atomic E-state index is 0.0346. The van der Waals surface area contributed by atoms with E-state index in [1.165, 1.54) is 12.8 Å². The van der Waals surface area contributed by atoms with Crippen LogP contribution in [0.15, 0.2) is 0 Å². The molecule has 20 heavy (non-hydrogen) atoms. The van der Waals surface area contributed by atoms with Crippen LogP contribution in [-0.2, 0) is 9.53 Å². The predicted molar refractivity (Wildman–Crippen MR) is 79.3 cm³/mol. The highest BCUT2D eigenvalue weighted by atomic mass is 16.5. The molecule has 2 aliphatic rings. The molecule has 3 unspecified atom stereocenters. The largest absolute Gasteiger partial charge is 0.379 e. The highest BCUT2D eigenvalue weighted by Gasteiger charge is 2.44. The maximum absolute atomic E-state index is 12.4. The first kappa shape index (κ1) is 15.7. The van der Waals surface area contributed by atoms with Crippen molar-refractivity contribution >= 4 is 5.91 Å². The number of hydrogen-bond donors (Lipinski definition) is 2. The van der Waals surface area contributed by atoms with Crippen molar-refractivity contribution in [1.82, 2.24) is 10.2 Å². The first-order valence-corrected chi connectivity index (χ1v) is 7.81. The number of carbonyl (C=O) groups excluding carboxylic acids is 1. The zero-order valence-corrected chi connectivity index (χ0v) is 13.0. The molecule has 5 nitrogen and oxygen atoms in total. The number of carbonyl (C=O) groups is 1. The minimum Gasteiger partial charge on any atom is -0.379 e. The lowest BCUT2D eigenvalue weighted by Gasteiger charge is -2.33. The fourth-order valence-corrected chi connectivity index (χ4v) is 3.18. The minimum atomic E-state index is -0.577. The summed E-state index contributed by atoms with van der Waals surface area (Å²) in [7, 11) is 0. The van der Waals surface area contributed by atoms with Crippen LogP contribution in [0.2, 0.25) is 0 Å². The van der Waals surface area contributed by atoms with Gasteiger partial charge in [0, 0.05) is 18.6 Å². The summed E-state index contributed by atoms with van der Waals surface area (Å²) in [5.41, 5.74) is 5.43. The van der Waals surface area contributed by atoms with Gasteiger partial charge in [-0.05, 0) is 38.8 Å². The summed E-state index contributed by atoms with van der Waals surface area (Å²) in [4.78, 5) is 14.9. The van der Waals surface area contributed by atoms with Gasteiger partial charge in [0.05, 0.1) is 18.6 Å². The third-order valence-electron chi connectivity index (χ3n) is 4.89. The van der Waals surface area contributed by atoms with Gasteiger partial charge >= 0.3 is 0 Å². The molecular weight excluding hydrogens is 254 g/mol. The van der Waals surface area contributed by atoms with Gasteiger partial charge < -0.3 is 15.8 Å². The molecule has 2 saturated heterocycles. The van der Waals surface area contributed by atoms with E-state index in [2.05, 4.69) is 24.1 Å². The van der Waals surface area contributed by atoms with E-state index >= 15 is 0 Å². The molecule has 0 aliphatic carbocycles. The van der Waals surface area contributed by atoms with Gasteiger partial charge in [0.25, 0.3) is 0 Å². The van der Waals surface area contributed by atoms with Crippen molar-refractivity contribution in [2.75, 3.05) is 32.8 Å². The molecule has 3 atom stereocenters. The summed E-state index contributed by atoms with van der Waals surface area (Å²) in [6.07, 6.45) is 2.54. The summed E-state index contributed by atoms with van der Waals surface area (Å²) >= 11 is 0. The lowest BCUT2D eigenvalue weighted by molar-refractivity contribution is -0.131. The predicted octanol–water partition coefficient (Wildman–Crippen LogP) is 0.587. The topological polar surface area (TPSA) is 67.6 Å². The Hall–Kier alpha value is -0.650. The second-order valence-electron chi connectivity index (χ2n) is 6.80. The van der Waals surface area contributed by atoms with E-state index in [9.17, 15) is 4.79 Å². The second kappa shape index (κ2) is 6.41. The molecule has 0 bridgehead atoms. The van der Waals surface area contributed by atoms with Gasteiger partial charge in [-0.1, -0.05) is 13.8 Å². The van der Waals surface area contributed by atoms with Crippen LogP contribution in [0.4, 0.5) is 0 Å². The van der Waals surface area contributed by atoms with Crippen LogP contribution in [0.1, 0.15) is 33.6 Å². The Morgan fingerprint density at radius 2 is 2.10 bits per heavy atom. The second-order valence-corrected chi connectivity index (χ2v) is 6.80. The summed E-state index contributed by atoms with van der Waals surface area (Å²) in [6, 6.07) is 0.218. The monoisotopic (exact) mass is 283 g/mol. The van der Waals surface area contributed by atoms with E-state index < -0.39 is 5.41 Å². The zero-order chi connectivity index (χ0) is 14.8. The Bertz CT molecular complexity index is 342. The Morgan fingerprint density at radius 3 is 2.60 bits per heavy atom. The van der Waals surface area contributed by atoms with Crippen LogP contribution in [0.3, 0.4) is 0 Å². The van der Waals surface area contributed by atoms with Crippen molar-refractivity contribution in [3.63, 3.8) is 0 Å². The molecule has 0 radical (unpaired) electrons. The highest BCUT2D eigenvalue weighted by molar-refractivity contribution is 5.83. The summed E-state index contributed by atoms with van der Waals surface area (Å²) < 4.78 is 5.35. The van der Waals surface area contributed by atoms with Gasteiger partial charge in [0.2, 0.25) is 5.91 Å². The van der Waals surface area contributed by atoms with Crippen molar-refractivity contribution in [2.24, 2.45) is 17.1 Å². The number of likely N-dealkylation sites (tertiary alicyclic amines) is 1. The van der Waals surface area contributed by atoms with Crippen molar-refractivity contribution < 1.29 is 9.53 Å². The molecule has 5 heteroatoms. The summed E-state index contributed by atoms with van der Waals surface area (Å²) in [6.45, 7) is 10.3. The van der Waals surface area contributed by atoms with Crippen LogP contribution >= 0.6 is 0 Å². The Kier molecular flexibility index (Phi) is 5.04. The number of ether oxygens (including phenoxy) is 1. The quantitative estimate of drug-likeness (QED) is 0.775. The van der Waals surface area contributed by atoms with Crippen LogP contribution in [-0.4, -0.2) is 55.7 Å². The molecule has 0 saturated carbocycles. The number of nitrogens with two attached hydrogens (primary N) is 1. The number of hydrogen-bond acceptors (Lipinski definition) is 4. The molecule has 0 aromatic carbocycles. The maximum Gasteiger partial charge on any atom is 0.229 e. The molecule has 2 aliphatic heterocycles. The molecule has 116 valence electrons. The van der Waals surface area contributed by atoms with E-state index in [0.29, 0.717) is 31.7 Å². The number of rotatable bonds is 5. The van der Waals surface area contributed by atoms with Crippen molar-refractivity contribution in [3.8, 4) is 0 Å². The van der Waals surface area contributed by atoms with E-state index in [4.69, 9.17) is 10.5 Å². The maximum atomic E-state index is 12.4. The Balaban J connectivity index is 1.90. The molecule has 0 aromatic rings. The lowest BCUT2D eigenvalue weighted by Crippen LogP contribution is -2.53. The van der Waals surface area contributed by atoms with Gasteiger partial charge in [-0.2, -0.15) is 0 Å². The smallest absolute Gasteiger partial charge is 0.229 e. The van der Waals surface area contributed by atoms with Crippen molar-refractivity contribution in [2.45, 2.75) is 45.7 Å². The molecule has 2 heterocycles. The van der Waals surface area contributed by atoms with E-state index in [1.54, 1.807) is 0 Å². The Labute approximate surface area is 122 Å². The number of amides is 1. The van der Waals surface area contributed by atoms with Crippen LogP contribution < -0.4 is 11.1 Å². The van der Waals surface area contributed by atoms with E-state index in [-0.39, 0.29) is 11.9 Å². The molecule has 3 N–H and O–H groups in total. The first-order valence-electron chi connectivity index (χ1n) is 7.81. The lowest BCUT2D eigenvalue weighted by atomic mass is 9.84. The van der Waals surface area contributed by atoms with E-state index in [0.717, 1.165) is 13.1 Å². The van der Waals surface area contributed by atoms with Gasteiger partial charge in [0.15, 0.2) is 0 Å². The van der Waals surface area contributed by atoms with Crippen LogP contribution in [0, 0.1) is 11.3 Å². The number of nitrogens with zero attached hydrogens (tertiary/aromatic N) is 1. The zero-order valence-electron chi connectivity index (χ0n) is 13.0. The Morgan fingerprint density at radius 1 is 1.45 bits per heavy atom. The highest BCUT2D eigenvalue weighted by Crippen LogP contribution is 2.27. The third-order valence-corrected chi connectivity index (χ3v) is 4.89. The normalized spacial score (nSPS) is 32.8. The number of nitrogens with one attached hydrogen (secondary N) is 1. The molecule has 0 aromatic heterocycles. The van der Waals surface area contributed by atoms with E-state index in [1.807, 2.05) is 6.92 Å². The average molecular weight is 283 g/mol. The summed E-state index contributed by atoms with van der Waals surface area (Å²) in [5.74, 6) is 0.571. The van der Waals surface area contributed by atoms with Crippen LogP contribution in [0.5, 0.6) is 0 Å². The molecule has 2 rings (SSSR count). The molecule has 0 spiro atoms.